The van der Waals surface area contributed by atoms with Crippen molar-refractivity contribution >= 4 is 23.7 Å². The average molecular weight is 377 g/mol. The minimum atomic E-state index is -0.306. The summed E-state index contributed by atoms with van der Waals surface area (Å²) in [6.45, 7) is 4.35. The average Bonchev–Trinajstić information content (AvgIpc) is 2.63. The Kier molecular flexibility index (Phi) is 5.89. The minimum Gasteiger partial charge on any atom is -0.311 e. The minimum absolute atomic E-state index is 0.0456. The van der Waals surface area contributed by atoms with Gasteiger partial charge in [0.05, 0.1) is 23.6 Å². The molecule has 0 saturated carbocycles. The van der Waals surface area contributed by atoms with Gasteiger partial charge in [-0.1, -0.05) is 44.2 Å². The maximum Gasteiger partial charge on any atom is 0.327 e. The number of hydrogen-bond donors (Lipinski definition) is 2. The summed E-state index contributed by atoms with van der Waals surface area (Å²) in [6, 6.07) is 10.0. The number of nitrogens with zero attached hydrogens (tertiary/aromatic N) is 2. The highest BCUT2D eigenvalue weighted by atomic mass is 32.2. The summed E-state index contributed by atoms with van der Waals surface area (Å²) in [6.07, 6.45) is 0.748. The van der Waals surface area contributed by atoms with E-state index < -0.39 is 0 Å². The fourth-order valence-electron chi connectivity index (χ4n) is 3.64. The number of rotatable bonds is 5. The molecule has 4 unspecified atom stereocenters. The number of carbonyl (C=O) groups is 2. The van der Waals surface area contributed by atoms with E-state index in [2.05, 4.69) is 36.6 Å². The van der Waals surface area contributed by atoms with E-state index >= 15 is 0 Å². The first-order valence-corrected chi connectivity index (χ1v) is 10.2. The number of carbonyl (C=O) groups excluding carboxylic acids is 2. The van der Waals surface area contributed by atoms with Crippen molar-refractivity contribution in [1.29, 1.82) is 0 Å². The highest BCUT2D eigenvalue weighted by Gasteiger charge is 2.50. The van der Waals surface area contributed by atoms with Crippen LogP contribution in [-0.4, -0.2) is 53.5 Å². The van der Waals surface area contributed by atoms with Crippen molar-refractivity contribution in [3.8, 4) is 0 Å². The van der Waals surface area contributed by atoms with Gasteiger partial charge in [-0.15, -0.1) is 11.8 Å². The molecule has 6 nitrogen and oxygen atoms in total. The van der Waals surface area contributed by atoms with Crippen molar-refractivity contribution < 1.29 is 9.59 Å². The second-order valence-electron chi connectivity index (χ2n) is 7.49. The number of urea groups is 1. The normalized spacial score (nSPS) is 29.3. The molecule has 0 aliphatic carbocycles. The Morgan fingerprint density at radius 3 is 2.46 bits per heavy atom. The molecule has 0 radical (unpaired) electrons. The van der Waals surface area contributed by atoms with Crippen LogP contribution in [-0.2, 0) is 10.5 Å². The molecule has 3 amide bonds. The highest BCUT2D eigenvalue weighted by molar-refractivity contribution is 7.99. The smallest absolute Gasteiger partial charge is 0.311 e. The Hall–Kier alpha value is -1.57. The number of imide groups is 1. The zero-order chi connectivity index (χ0) is 18.8. The standard InChI is InChI=1S/C19H28N4O2S/c1-12(2)10-14-20-16-15(18(24)23(4)19(25)22(16)3)17(21-14)26-11-13-8-6-5-7-9-13/h5-9,12,14-17,20-21H,10-11H2,1-4H3. The quantitative estimate of drug-likeness (QED) is 0.825. The maximum absolute atomic E-state index is 12.9. The van der Waals surface area contributed by atoms with Gasteiger partial charge in [0.15, 0.2) is 0 Å². The van der Waals surface area contributed by atoms with E-state index in [4.69, 9.17) is 0 Å². The molecule has 4 atom stereocenters. The summed E-state index contributed by atoms with van der Waals surface area (Å²) in [7, 11) is 3.34. The maximum atomic E-state index is 12.9. The van der Waals surface area contributed by atoms with Crippen molar-refractivity contribution in [2.24, 2.45) is 11.8 Å². The molecule has 2 heterocycles. The lowest BCUT2D eigenvalue weighted by atomic mass is 9.95. The lowest BCUT2D eigenvalue weighted by Crippen LogP contribution is -2.74. The molecule has 1 aromatic carbocycles. The van der Waals surface area contributed by atoms with Gasteiger partial charge in [-0.2, -0.15) is 0 Å². The fraction of sp³-hybridized carbons (Fsp3) is 0.579. The SMILES string of the molecule is CC(C)CC1NC(SCc2ccccc2)C2C(=O)N(C)C(=O)N(C)C2N1. The second kappa shape index (κ2) is 7.98. The molecule has 7 heteroatoms. The van der Waals surface area contributed by atoms with Crippen LogP contribution >= 0.6 is 11.8 Å². The van der Waals surface area contributed by atoms with Gasteiger partial charge in [0, 0.05) is 19.8 Å². The van der Waals surface area contributed by atoms with Crippen LogP contribution in [0.15, 0.2) is 30.3 Å². The molecule has 142 valence electrons. The van der Waals surface area contributed by atoms with Gasteiger partial charge >= 0.3 is 6.03 Å². The number of fused-ring (bicyclic) bond motifs is 1. The van der Waals surface area contributed by atoms with Gasteiger partial charge in [0.2, 0.25) is 5.91 Å². The van der Waals surface area contributed by atoms with Crippen molar-refractivity contribution in [2.75, 3.05) is 14.1 Å². The number of nitrogens with one attached hydrogen (secondary N) is 2. The van der Waals surface area contributed by atoms with E-state index in [1.54, 1.807) is 30.8 Å². The Morgan fingerprint density at radius 1 is 1.12 bits per heavy atom. The van der Waals surface area contributed by atoms with E-state index in [9.17, 15) is 9.59 Å². The van der Waals surface area contributed by atoms with Crippen LogP contribution in [0.3, 0.4) is 0 Å². The molecule has 26 heavy (non-hydrogen) atoms. The van der Waals surface area contributed by atoms with Crippen LogP contribution in [0.1, 0.15) is 25.8 Å². The Bertz CT molecular complexity index is 654. The van der Waals surface area contributed by atoms with Crippen LogP contribution in [0.2, 0.25) is 0 Å². The zero-order valence-electron chi connectivity index (χ0n) is 15.8. The third-order valence-corrected chi connectivity index (χ3v) is 6.29. The van der Waals surface area contributed by atoms with Crippen molar-refractivity contribution in [2.45, 2.75) is 43.7 Å². The van der Waals surface area contributed by atoms with Crippen LogP contribution in [0.25, 0.3) is 0 Å². The first-order valence-electron chi connectivity index (χ1n) is 9.10. The molecule has 2 fully saturated rings. The molecule has 0 spiro atoms. The van der Waals surface area contributed by atoms with Crippen LogP contribution in [0, 0.1) is 11.8 Å². The van der Waals surface area contributed by atoms with Crippen LogP contribution in [0.5, 0.6) is 0 Å². The second-order valence-corrected chi connectivity index (χ2v) is 8.62. The lowest BCUT2D eigenvalue weighted by molar-refractivity contribution is -0.140. The van der Waals surface area contributed by atoms with Crippen molar-refractivity contribution in [1.82, 2.24) is 20.4 Å². The molecule has 0 bridgehead atoms. The van der Waals surface area contributed by atoms with Crippen molar-refractivity contribution in [3.05, 3.63) is 35.9 Å². The van der Waals surface area contributed by atoms with Gasteiger partial charge in [-0.3, -0.25) is 20.3 Å². The Balaban J connectivity index is 1.81. The Morgan fingerprint density at radius 2 is 1.81 bits per heavy atom. The predicted octanol–water partition coefficient (Wildman–Crippen LogP) is 2.28. The summed E-state index contributed by atoms with van der Waals surface area (Å²) >= 11 is 1.74. The summed E-state index contributed by atoms with van der Waals surface area (Å²) in [5.74, 6) is 0.913. The molecular formula is C19H28N4O2S. The van der Waals surface area contributed by atoms with Gasteiger partial charge in [0.25, 0.3) is 0 Å². The van der Waals surface area contributed by atoms with Crippen LogP contribution in [0.4, 0.5) is 4.79 Å². The summed E-state index contributed by atoms with van der Waals surface area (Å²) in [4.78, 5) is 28.1. The molecule has 2 aliphatic rings. The molecule has 2 N–H and O–H groups in total. The molecule has 3 rings (SSSR count). The highest BCUT2D eigenvalue weighted by Crippen LogP contribution is 2.33. The first kappa shape index (κ1) is 19.2. The van der Waals surface area contributed by atoms with E-state index in [0.29, 0.717) is 5.92 Å². The summed E-state index contributed by atoms with van der Waals surface area (Å²) in [5.41, 5.74) is 1.23. The Labute approximate surface area is 159 Å². The van der Waals surface area contributed by atoms with E-state index in [1.807, 2.05) is 18.2 Å². The van der Waals surface area contributed by atoms with Gasteiger partial charge in [0.1, 0.15) is 0 Å². The third kappa shape index (κ3) is 3.89. The number of amides is 3. The summed E-state index contributed by atoms with van der Waals surface area (Å²) in [5, 5.41) is 7.04. The largest absolute Gasteiger partial charge is 0.327 e. The molecule has 1 aromatic rings. The first-order chi connectivity index (χ1) is 12.4. The topological polar surface area (TPSA) is 64.7 Å². The predicted molar refractivity (Wildman–Crippen MR) is 104 cm³/mol. The summed E-state index contributed by atoms with van der Waals surface area (Å²) < 4.78 is 0. The molecule has 2 saturated heterocycles. The molecule has 0 aromatic heterocycles. The van der Waals surface area contributed by atoms with Crippen molar-refractivity contribution in [3.63, 3.8) is 0 Å². The zero-order valence-corrected chi connectivity index (χ0v) is 16.6. The number of hydrogen-bond acceptors (Lipinski definition) is 5. The van der Waals surface area contributed by atoms with E-state index in [0.717, 1.165) is 12.2 Å². The molecule has 2 aliphatic heterocycles. The van der Waals surface area contributed by atoms with Gasteiger partial charge in [-0.25, -0.2) is 4.79 Å². The fourth-order valence-corrected chi connectivity index (χ4v) is 4.93. The van der Waals surface area contributed by atoms with Gasteiger partial charge in [-0.05, 0) is 17.9 Å². The van der Waals surface area contributed by atoms with E-state index in [1.165, 1.54) is 10.5 Å². The van der Waals surface area contributed by atoms with Gasteiger partial charge < -0.3 is 4.90 Å². The van der Waals surface area contributed by atoms with E-state index in [-0.39, 0.29) is 35.6 Å². The molecular weight excluding hydrogens is 348 g/mol. The monoisotopic (exact) mass is 376 g/mol. The number of thioether (sulfide) groups is 1. The lowest BCUT2D eigenvalue weighted by Gasteiger charge is -2.50. The van der Waals surface area contributed by atoms with Crippen LogP contribution < -0.4 is 10.6 Å². The third-order valence-electron chi connectivity index (χ3n) is 5.00. The number of benzene rings is 1.